The van der Waals surface area contributed by atoms with Crippen LogP contribution < -0.4 is 10.6 Å². The maximum atomic E-state index is 14.1. The zero-order valence-corrected chi connectivity index (χ0v) is 23.5. The van der Waals surface area contributed by atoms with Crippen molar-refractivity contribution in [3.8, 4) is 11.3 Å². The van der Waals surface area contributed by atoms with Gasteiger partial charge in [0.2, 0.25) is 5.91 Å². The van der Waals surface area contributed by atoms with Crippen LogP contribution in [0.3, 0.4) is 0 Å². The number of hydrogen-bond donors (Lipinski definition) is 2. The molecule has 2 N–H and O–H groups in total. The molecule has 1 atom stereocenters. The first kappa shape index (κ1) is 27.3. The molecule has 200 valence electrons. The molecule has 1 aromatic heterocycles. The Labute approximate surface area is 240 Å². The molecule has 0 aliphatic heterocycles. The highest BCUT2D eigenvalue weighted by atomic mass is 32.2. The second-order valence-electron chi connectivity index (χ2n) is 9.15. The molecule has 8 heteroatoms. The van der Waals surface area contributed by atoms with Crippen LogP contribution in [0.2, 0.25) is 0 Å². The number of aromatic nitrogens is 1. The number of carbonyl (C=O) groups excluding carboxylic acids is 2. The van der Waals surface area contributed by atoms with Gasteiger partial charge in [-0.1, -0.05) is 78.4 Å². The van der Waals surface area contributed by atoms with Gasteiger partial charge in [-0.3, -0.25) is 9.59 Å². The van der Waals surface area contributed by atoms with Gasteiger partial charge in [0.05, 0.1) is 11.3 Å². The van der Waals surface area contributed by atoms with Crippen molar-refractivity contribution in [3.63, 3.8) is 0 Å². The summed E-state index contributed by atoms with van der Waals surface area (Å²) in [6.07, 6.45) is 0. The van der Waals surface area contributed by atoms with E-state index < -0.39 is 17.0 Å². The number of nitrogens with one attached hydrogen (secondary N) is 2. The number of thiazole rings is 1. The van der Waals surface area contributed by atoms with Gasteiger partial charge in [-0.2, -0.15) is 0 Å². The van der Waals surface area contributed by atoms with Crippen molar-refractivity contribution in [1.29, 1.82) is 0 Å². The average Bonchev–Trinajstić information content (AvgIpc) is 3.32. The molecule has 1 heterocycles. The summed E-state index contributed by atoms with van der Waals surface area (Å²) in [5.74, 6) is -1.34. The number of nitrogens with zero attached hydrogens (tertiary/aromatic N) is 1. The van der Waals surface area contributed by atoms with E-state index >= 15 is 0 Å². The normalized spacial score (nSPS) is 11.6. The summed E-state index contributed by atoms with van der Waals surface area (Å²) in [4.78, 5) is 32.7. The summed E-state index contributed by atoms with van der Waals surface area (Å²) in [5.41, 5.74) is 4.32. The van der Waals surface area contributed by atoms with Crippen LogP contribution in [0.1, 0.15) is 31.6 Å². The fourth-order valence-corrected chi connectivity index (χ4v) is 6.05. The quantitative estimate of drug-likeness (QED) is 0.185. The van der Waals surface area contributed by atoms with Crippen molar-refractivity contribution in [2.45, 2.75) is 24.0 Å². The predicted octanol–water partition coefficient (Wildman–Crippen LogP) is 8.29. The Morgan fingerprint density at radius 3 is 2.33 bits per heavy atom. The molecule has 0 aliphatic rings. The van der Waals surface area contributed by atoms with Crippen molar-refractivity contribution >= 4 is 45.7 Å². The van der Waals surface area contributed by atoms with E-state index in [2.05, 4.69) is 10.6 Å². The second-order valence-corrected chi connectivity index (χ2v) is 11.5. The van der Waals surface area contributed by atoms with Gasteiger partial charge >= 0.3 is 0 Å². The summed E-state index contributed by atoms with van der Waals surface area (Å²) in [6, 6.07) is 30.6. The highest BCUT2D eigenvalue weighted by molar-refractivity contribution is 8.00. The first-order valence-electron chi connectivity index (χ1n) is 12.6. The summed E-state index contributed by atoms with van der Waals surface area (Å²) >= 11 is 2.80. The molecule has 0 fully saturated rings. The molecule has 0 aliphatic carbocycles. The molecule has 0 saturated carbocycles. The van der Waals surface area contributed by atoms with Crippen molar-refractivity contribution in [1.82, 2.24) is 4.98 Å². The molecule has 2 amide bonds. The first-order chi connectivity index (χ1) is 19.4. The van der Waals surface area contributed by atoms with Crippen molar-refractivity contribution in [2.24, 2.45) is 0 Å². The number of hydrogen-bond acceptors (Lipinski definition) is 5. The van der Waals surface area contributed by atoms with Gasteiger partial charge in [-0.25, -0.2) is 9.37 Å². The van der Waals surface area contributed by atoms with Gasteiger partial charge in [-0.15, -0.1) is 23.1 Å². The number of benzene rings is 4. The second kappa shape index (κ2) is 12.3. The van der Waals surface area contributed by atoms with Crippen LogP contribution >= 0.6 is 23.1 Å². The minimum Gasteiger partial charge on any atom is -0.322 e. The summed E-state index contributed by atoms with van der Waals surface area (Å²) in [7, 11) is 0. The van der Waals surface area contributed by atoms with E-state index in [-0.39, 0.29) is 11.5 Å². The van der Waals surface area contributed by atoms with E-state index in [1.54, 1.807) is 24.3 Å². The zero-order valence-electron chi connectivity index (χ0n) is 21.9. The molecule has 5 aromatic rings. The number of anilines is 2. The smallest absolute Gasteiger partial charge is 0.258 e. The van der Waals surface area contributed by atoms with Gasteiger partial charge in [0.15, 0.2) is 5.13 Å². The monoisotopic (exact) mass is 567 g/mol. The van der Waals surface area contributed by atoms with E-state index in [1.165, 1.54) is 46.9 Å². The first-order valence-corrected chi connectivity index (χ1v) is 14.3. The minimum atomic E-state index is -0.589. The third-order valence-corrected chi connectivity index (χ3v) is 8.29. The highest BCUT2D eigenvalue weighted by Gasteiger charge is 2.24. The van der Waals surface area contributed by atoms with E-state index in [1.807, 2.05) is 74.5 Å². The van der Waals surface area contributed by atoms with Gasteiger partial charge in [0.1, 0.15) is 11.1 Å². The minimum absolute atomic E-state index is 0.0363. The molecule has 0 saturated heterocycles. The zero-order chi connectivity index (χ0) is 28.1. The third-order valence-electron chi connectivity index (χ3n) is 6.16. The Hall–Kier alpha value is -4.27. The molecule has 0 radical (unpaired) electrons. The summed E-state index contributed by atoms with van der Waals surface area (Å²) in [6.45, 7) is 4.03. The number of carbonyl (C=O) groups is 2. The summed E-state index contributed by atoms with van der Waals surface area (Å²) < 4.78 is 14.1. The molecule has 0 spiro atoms. The van der Waals surface area contributed by atoms with Gasteiger partial charge in [-0.05, 0) is 49.7 Å². The molecular weight excluding hydrogens is 542 g/mol. The lowest BCUT2D eigenvalue weighted by Crippen LogP contribution is -2.19. The Kier molecular flexibility index (Phi) is 8.38. The van der Waals surface area contributed by atoms with Gasteiger partial charge in [0.25, 0.3) is 5.91 Å². The maximum absolute atomic E-state index is 14.1. The number of rotatable bonds is 8. The van der Waals surface area contributed by atoms with E-state index in [0.29, 0.717) is 10.8 Å². The predicted molar refractivity (Wildman–Crippen MR) is 161 cm³/mol. The number of amides is 2. The van der Waals surface area contributed by atoms with Crippen LogP contribution in [0, 0.1) is 19.7 Å². The molecule has 40 heavy (non-hydrogen) atoms. The van der Waals surface area contributed by atoms with Crippen LogP contribution in [-0.4, -0.2) is 16.8 Å². The molecular formula is C32H26FN3O2S2. The highest BCUT2D eigenvalue weighted by Crippen LogP contribution is 2.38. The Balaban J connectivity index is 1.36. The van der Waals surface area contributed by atoms with Crippen LogP contribution in [0.15, 0.2) is 108 Å². The van der Waals surface area contributed by atoms with Gasteiger partial charge in [0, 0.05) is 21.0 Å². The van der Waals surface area contributed by atoms with Crippen molar-refractivity contribution in [3.05, 3.63) is 131 Å². The molecule has 4 aromatic carbocycles. The van der Waals surface area contributed by atoms with E-state index in [4.69, 9.17) is 4.98 Å². The standard InChI is InChI=1S/C32H26FN3O2S2/c1-20-15-17-22(18-16-20)28-21(2)39-32(35-28)36-31(38)29(23-9-4-3-5-10-23)40-25-12-8-11-24(19-25)34-30(37)26-13-6-7-14-27(26)33/h3-19,29H,1-2H3,(H,34,37)(H,35,36,38). The number of thioether (sulfide) groups is 1. The maximum Gasteiger partial charge on any atom is 0.258 e. The topological polar surface area (TPSA) is 71.1 Å². The Morgan fingerprint density at radius 2 is 1.57 bits per heavy atom. The Morgan fingerprint density at radius 1 is 0.850 bits per heavy atom. The molecule has 5 nitrogen and oxygen atoms in total. The third kappa shape index (κ3) is 6.47. The Bertz CT molecular complexity index is 1650. The van der Waals surface area contributed by atoms with E-state index in [9.17, 15) is 14.0 Å². The molecule has 5 rings (SSSR count). The van der Waals surface area contributed by atoms with Crippen molar-refractivity contribution < 1.29 is 14.0 Å². The van der Waals surface area contributed by atoms with Crippen LogP contribution in [-0.2, 0) is 4.79 Å². The number of halogens is 1. The van der Waals surface area contributed by atoms with Crippen LogP contribution in [0.5, 0.6) is 0 Å². The van der Waals surface area contributed by atoms with Crippen LogP contribution in [0.25, 0.3) is 11.3 Å². The van der Waals surface area contributed by atoms with E-state index in [0.717, 1.165) is 26.6 Å². The van der Waals surface area contributed by atoms with Crippen molar-refractivity contribution in [2.75, 3.05) is 10.6 Å². The number of aryl methyl sites for hydroxylation is 2. The average molecular weight is 568 g/mol. The molecule has 0 bridgehead atoms. The lowest BCUT2D eigenvalue weighted by atomic mass is 10.1. The fraction of sp³-hybridized carbons (Fsp3) is 0.0938. The van der Waals surface area contributed by atoms with Crippen LogP contribution in [0.4, 0.5) is 15.2 Å². The summed E-state index contributed by atoms with van der Waals surface area (Å²) in [5, 5.41) is 5.72. The van der Waals surface area contributed by atoms with Gasteiger partial charge < -0.3 is 10.6 Å². The molecule has 1 unspecified atom stereocenters. The fourth-order valence-electron chi connectivity index (χ4n) is 4.13. The lowest BCUT2D eigenvalue weighted by Gasteiger charge is -2.17. The largest absolute Gasteiger partial charge is 0.322 e. The lowest BCUT2D eigenvalue weighted by molar-refractivity contribution is -0.115. The SMILES string of the molecule is Cc1ccc(-c2nc(NC(=O)C(Sc3cccc(NC(=O)c4ccccc4F)c3)c3ccccc3)sc2C)cc1.